The first-order chi connectivity index (χ1) is 7.86. The molecule has 0 saturated heterocycles. The van der Waals surface area contributed by atoms with Gasteiger partial charge >= 0.3 is 0 Å². The fraction of sp³-hybridized carbons (Fsp3) is 0.917. The molecule has 2 N–H and O–H groups in total. The first-order valence-electron chi connectivity index (χ1n) is 6.38. The molecule has 1 rings (SSSR count). The first kappa shape index (κ1) is 13.3. The largest absolute Gasteiger partial charge is 0.385 e. The average molecular weight is 227 g/mol. The van der Waals surface area contributed by atoms with Gasteiger partial charge < -0.3 is 15.4 Å². The quantitative estimate of drug-likeness (QED) is 0.374. The van der Waals surface area contributed by atoms with Crippen molar-refractivity contribution in [3.05, 3.63) is 0 Å². The van der Waals surface area contributed by atoms with Gasteiger partial charge in [0.1, 0.15) is 0 Å². The van der Waals surface area contributed by atoms with Crippen molar-refractivity contribution in [2.45, 2.75) is 32.6 Å². The molecule has 0 atom stereocenters. The molecule has 1 aliphatic rings. The van der Waals surface area contributed by atoms with Crippen molar-refractivity contribution in [2.24, 2.45) is 10.9 Å². The molecular formula is C12H25N3O. The molecule has 0 bridgehead atoms. The van der Waals surface area contributed by atoms with Gasteiger partial charge in [-0.05, 0) is 25.7 Å². The second-order valence-corrected chi connectivity index (χ2v) is 4.27. The summed E-state index contributed by atoms with van der Waals surface area (Å²) in [6.45, 7) is 5.66. The summed E-state index contributed by atoms with van der Waals surface area (Å²) < 4.78 is 4.99. The molecule has 4 nitrogen and oxygen atoms in total. The Labute approximate surface area is 98.9 Å². The Morgan fingerprint density at radius 3 is 2.81 bits per heavy atom. The second-order valence-electron chi connectivity index (χ2n) is 4.27. The third-order valence-electron chi connectivity index (χ3n) is 2.66. The minimum absolute atomic E-state index is 0.783. The lowest BCUT2D eigenvalue weighted by atomic mass is 10.3. The smallest absolute Gasteiger partial charge is 0.191 e. The van der Waals surface area contributed by atoms with Crippen LogP contribution in [0.15, 0.2) is 4.99 Å². The summed E-state index contributed by atoms with van der Waals surface area (Å²) in [5.74, 6) is 1.92. The van der Waals surface area contributed by atoms with Gasteiger partial charge in [-0.15, -0.1) is 0 Å². The number of hydrogen-bond acceptors (Lipinski definition) is 2. The lowest BCUT2D eigenvalue weighted by Crippen LogP contribution is -2.38. The summed E-state index contributed by atoms with van der Waals surface area (Å²) in [5, 5.41) is 6.62. The van der Waals surface area contributed by atoms with Gasteiger partial charge in [0.15, 0.2) is 5.96 Å². The number of hydrogen-bond donors (Lipinski definition) is 2. The van der Waals surface area contributed by atoms with Gasteiger partial charge in [0.05, 0.1) is 0 Å². The Morgan fingerprint density at radius 2 is 2.19 bits per heavy atom. The van der Waals surface area contributed by atoms with Gasteiger partial charge in [0.2, 0.25) is 0 Å². The van der Waals surface area contributed by atoms with E-state index in [-0.39, 0.29) is 0 Å². The van der Waals surface area contributed by atoms with E-state index in [0.717, 1.165) is 44.5 Å². The Morgan fingerprint density at radius 1 is 1.38 bits per heavy atom. The van der Waals surface area contributed by atoms with Crippen LogP contribution in [-0.2, 0) is 4.74 Å². The zero-order valence-corrected chi connectivity index (χ0v) is 10.6. The number of nitrogens with zero attached hydrogens (tertiary/aromatic N) is 1. The summed E-state index contributed by atoms with van der Waals surface area (Å²) in [6, 6.07) is 0. The van der Waals surface area contributed by atoms with Crippen molar-refractivity contribution >= 4 is 5.96 Å². The van der Waals surface area contributed by atoms with E-state index in [0.29, 0.717) is 0 Å². The highest BCUT2D eigenvalue weighted by Crippen LogP contribution is 2.31. The molecule has 0 aromatic heterocycles. The van der Waals surface area contributed by atoms with Gasteiger partial charge in [-0.1, -0.05) is 12.8 Å². The number of guanidine groups is 1. The van der Waals surface area contributed by atoms with Crippen molar-refractivity contribution in [3.8, 4) is 0 Å². The molecule has 16 heavy (non-hydrogen) atoms. The number of ether oxygens (including phenoxy) is 1. The molecule has 94 valence electrons. The normalized spacial score (nSPS) is 16.2. The molecule has 0 radical (unpaired) electrons. The molecule has 0 aromatic carbocycles. The monoisotopic (exact) mass is 227 g/mol. The fourth-order valence-electron chi connectivity index (χ4n) is 1.54. The van der Waals surface area contributed by atoms with Gasteiger partial charge in [-0.2, -0.15) is 0 Å². The maximum atomic E-state index is 4.99. The Kier molecular flexibility index (Phi) is 6.97. The van der Waals surface area contributed by atoms with Crippen LogP contribution >= 0.6 is 0 Å². The van der Waals surface area contributed by atoms with E-state index >= 15 is 0 Å². The summed E-state index contributed by atoms with van der Waals surface area (Å²) in [5.41, 5.74) is 0. The van der Waals surface area contributed by atoms with Crippen molar-refractivity contribution < 1.29 is 4.74 Å². The molecule has 4 heteroatoms. The lowest BCUT2D eigenvalue weighted by molar-refractivity contribution is 0.197. The standard InChI is InChI=1S/C12H25N3O/c1-3-13-12(14-8-4-10-16-2)15-9-7-11-5-6-11/h11H,3-10H2,1-2H3,(H2,13,14,15). The van der Waals surface area contributed by atoms with E-state index in [1.165, 1.54) is 19.3 Å². The van der Waals surface area contributed by atoms with Crippen LogP contribution < -0.4 is 10.6 Å². The predicted octanol–water partition coefficient (Wildman–Crippen LogP) is 1.38. The van der Waals surface area contributed by atoms with Crippen molar-refractivity contribution in [2.75, 3.05) is 33.4 Å². The summed E-state index contributed by atoms with van der Waals surface area (Å²) >= 11 is 0. The summed E-state index contributed by atoms with van der Waals surface area (Å²) in [7, 11) is 1.73. The molecule has 0 aromatic rings. The molecule has 0 amide bonds. The zero-order valence-electron chi connectivity index (χ0n) is 10.6. The van der Waals surface area contributed by atoms with Gasteiger partial charge in [-0.25, -0.2) is 0 Å². The number of rotatable bonds is 8. The molecule has 0 heterocycles. The summed E-state index contributed by atoms with van der Waals surface area (Å²) in [4.78, 5) is 4.48. The van der Waals surface area contributed by atoms with Crippen LogP contribution in [0.3, 0.4) is 0 Å². The third-order valence-corrected chi connectivity index (χ3v) is 2.66. The van der Waals surface area contributed by atoms with Crippen LogP contribution in [0.25, 0.3) is 0 Å². The van der Waals surface area contributed by atoms with Gasteiger partial charge in [0.25, 0.3) is 0 Å². The Bertz CT molecular complexity index is 202. The van der Waals surface area contributed by atoms with E-state index in [1.54, 1.807) is 7.11 Å². The molecule has 0 spiro atoms. The number of aliphatic imine (C=N–C) groups is 1. The van der Waals surface area contributed by atoms with Crippen LogP contribution in [0.5, 0.6) is 0 Å². The Hall–Kier alpha value is -0.770. The van der Waals surface area contributed by atoms with E-state index in [2.05, 4.69) is 22.5 Å². The van der Waals surface area contributed by atoms with Crippen LogP contribution in [0.2, 0.25) is 0 Å². The van der Waals surface area contributed by atoms with E-state index in [1.807, 2.05) is 0 Å². The minimum Gasteiger partial charge on any atom is -0.385 e. The SMILES string of the molecule is CCNC(=NCCCOC)NCCC1CC1. The van der Waals surface area contributed by atoms with Crippen LogP contribution in [0.1, 0.15) is 32.6 Å². The van der Waals surface area contributed by atoms with Gasteiger partial charge in [-0.3, -0.25) is 4.99 Å². The average Bonchev–Trinajstić information content (AvgIpc) is 3.08. The zero-order chi connectivity index (χ0) is 11.6. The van der Waals surface area contributed by atoms with E-state index in [9.17, 15) is 0 Å². The van der Waals surface area contributed by atoms with E-state index < -0.39 is 0 Å². The molecule has 1 aliphatic carbocycles. The topological polar surface area (TPSA) is 45.7 Å². The van der Waals surface area contributed by atoms with Crippen LogP contribution in [0, 0.1) is 5.92 Å². The highest BCUT2D eigenvalue weighted by atomic mass is 16.5. The maximum absolute atomic E-state index is 4.99. The molecule has 1 fully saturated rings. The highest BCUT2D eigenvalue weighted by molar-refractivity contribution is 5.79. The van der Waals surface area contributed by atoms with Crippen molar-refractivity contribution in [3.63, 3.8) is 0 Å². The lowest BCUT2D eigenvalue weighted by Gasteiger charge is -2.10. The fourth-order valence-corrected chi connectivity index (χ4v) is 1.54. The van der Waals surface area contributed by atoms with Gasteiger partial charge in [0, 0.05) is 33.4 Å². The third kappa shape index (κ3) is 6.67. The minimum atomic E-state index is 0.783. The van der Waals surface area contributed by atoms with Crippen LogP contribution in [0.4, 0.5) is 0 Å². The van der Waals surface area contributed by atoms with Crippen LogP contribution in [-0.4, -0.2) is 39.3 Å². The number of nitrogens with one attached hydrogen (secondary N) is 2. The molecule has 1 saturated carbocycles. The maximum Gasteiger partial charge on any atom is 0.191 e. The van der Waals surface area contributed by atoms with Crippen molar-refractivity contribution in [1.82, 2.24) is 10.6 Å². The molecule has 0 unspecified atom stereocenters. The second kappa shape index (κ2) is 8.39. The van der Waals surface area contributed by atoms with Crippen molar-refractivity contribution in [1.29, 1.82) is 0 Å². The Balaban J connectivity index is 2.10. The summed E-state index contributed by atoms with van der Waals surface area (Å²) in [6.07, 6.45) is 5.10. The number of methoxy groups -OCH3 is 1. The molecular weight excluding hydrogens is 202 g/mol. The first-order valence-corrected chi connectivity index (χ1v) is 6.38. The predicted molar refractivity (Wildman–Crippen MR) is 67.8 cm³/mol. The molecule has 0 aliphatic heterocycles. The highest BCUT2D eigenvalue weighted by Gasteiger charge is 2.20. The van der Waals surface area contributed by atoms with E-state index in [4.69, 9.17) is 4.74 Å².